The average molecular weight is 385 g/mol. The number of H-pyrrole nitrogens is 1. The van der Waals surface area contributed by atoms with Gasteiger partial charge in [-0.05, 0) is 24.3 Å². The first kappa shape index (κ1) is 21.0. The number of nitrogen functional groups attached to an aromatic ring is 1. The number of methoxy groups -OCH3 is 1. The number of esters is 1. The van der Waals surface area contributed by atoms with Crippen molar-refractivity contribution >= 4 is 17.9 Å². The third-order valence-corrected chi connectivity index (χ3v) is 2.31. The summed E-state index contributed by atoms with van der Waals surface area (Å²) in [5.41, 5.74) is 14.7. The zero-order valence-electron chi connectivity index (χ0n) is 15.3. The summed E-state index contributed by atoms with van der Waals surface area (Å²) in [5, 5.41) is 9.14. The van der Waals surface area contributed by atoms with Crippen LogP contribution in [-0.4, -0.2) is 41.4 Å². The maximum atomic E-state index is 10.6. The molecule has 0 saturated heterocycles. The van der Waals surface area contributed by atoms with E-state index in [1.165, 1.54) is 13.4 Å². The highest BCUT2D eigenvalue weighted by atomic mass is 19.1. The number of anilines is 1. The van der Waals surface area contributed by atoms with E-state index < -0.39 is 13.1 Å². The summed E-state index contributed by atoms with van der Waals surface area (Å²) in [4.78, 5) is 14.4. The Labute approximate surface area is 154 Å². The summed E-state index contributed by atoms with van der Waals surface area (Å²) < 4.78 is 29.6. The molecule has 27 heavy (non-hydrogen) atoms. The molecule has 9 N–H and O–H groups in total. The van der Waals surface area contributed by atoms with E-state index in [9.17, 15) is 9.18 Å². The first-order valence-electron chi connectivity index (χ1n) is 7.57. The molecule has 0 bridgehead atoms. The van der Waals surface area contributed by atoms with Gasteiger partial charge in [-0.15, -0.1) is 10.2 Å². The molecular weight excluding hydrogens is 363 g/mol. The number of aromatic nitrogens is 3. The number of carbonyl (C=O) groups excluding carboxylic acids is 1. The van der Waals surface area contributed by atoms with Crippen molar-refractivity contribution in [2.75, 3.05) is 20.0 Å². The second-order valence-electron chi connectivity index (χ2n) is 4.04. The molecule has 0 fully saturated rings. The lowest BCUT2D eigenvalue weighted by molar-refractivity contribution is 0.0565. The minimum absolute atomic E-state index is 0.0926. The monoisotopic (exact) mass is 385 g/mol. The summed E-state index contributed by atoms with van der Waals surface area (Å²) in [7, 11) is 0.310. The van der Waals surface area contributed by atoms with Gasteiger partial charge in [0.2, 0.25) is 17.7 Å². The number of halogens is 1. The molecule has 0 aromatic carbocycles. The Bertz CT molecular complexity index is 788. The van der Waals surface area contributed by atoms with Crippen LogP contribution >= 0.6 is 0 Å². The van der Waals surface area contributed by atoms with Crippen LogP contribution in [0.4, 0.5) is 10.3 Å². The highest BCUT2D eigenvalue weighted by molar-refractivity contribution is 5.85. The number of nitrogens with two attached hydrogens (primary N) is 4. The normalized spacial score (nSPS) is 9.04. The zero-order valence-corrected chi connectivity index (χ0v) is 14.3. The molecular formula is C14H21FN8O4. The molecule has 0 aliphatic rings. The van der Waals surface area contributed by atoms with Crippen molar-refractivity contribution in [2.24, 2.45) is 22.4 Å². The minimum atomic E-state index is -1.00. The van der Waals surface area contributed by atoms with E-state index in [4.69, 9.17) is 27.4 Å². The van der Waals surface area contributed by atoms with Crippen molar-refractivity contribution < 1.29 is 24.1 Å². The highest BCUT2D eigenvalue weighted by Gasteiger charge is 2.05. The molecule has 3 aromatic rings. The molecule has 3 rings (SSSR count). The largest absolute Gasteiger partial charge is 0.463 e. The Morgan fingerprint density at radius 3 is 2.30 bits per heavy atom. The predicted molar refractivity (Wildman–Crippen MR) is 95.6 cm³/mol. The second-order valence-corrected chi connectivity index (χ2v) is 4.04. The van der Waals surface area contributed by atoms with E-state index in [1.807, 2.05) is 0 Å². The lowest BCUT2D eigenvalue weighted by Crippen LogP contribution is -2.23. The molecule has 0 unspecified atom stereocenters. The quantitative estimate of drug-likeness (QED) is 0.135. The molecule has 3 heterocycles. The number of aromatic amines is 1. The number of rotatable bonds is 2. The number of hydrogen-bond donors (Lipinski definition) is 5. The number of furan rings is 2. The highest BCUT2D eigenvalue weighted by Crippen LogP contribution is 2.14. The average Bonchev–Trinajstić information content (AvgIpc) is 3.44. The van der Waals surface area contributed by atoms with Gasteiger partial charge in [-0.3, -0.25) is 9.49 Å². The van der Waals surface area contributed by atoms with Crippen LogP contribution in [0.25, 0.3) is 11.6 Å². The van der Waals surface area contributed by atoms with Gasteiger partial charge in [0.25, 0.3) is 0 Å². The van der Waals surface area contributed by atoms with E-state index >= 15 is 0 Å². The van der Waals surface area contributed by atoms with Crippen molar-refractivity contribution in [3.05, 3.63) is 42.6 Å². The van der Waals surface area contributed by atoms with E-state index in [1.54, 1.807) is 30.5 Å². The summed E-state index contributed by atoms with van der Waals surface area (Å²) in [6.45, 7) is 0. The smallest absolute Gasteiger partial charge is 0.373 e. The van der Waals surface area contributed by atoms with Crippen LogP contribution < -0.4 is 23.0 Å². The van der Waals surface area contributed by atoms with Gasteiger partial charge in [0.05, 0.1) is 28.2 Å². The van der Waals surface area contributed by atoms with Crippen molar-refractivity contribution in [3.8, 4) is 11.6 Å². The van der Waals surface area contributed by atoms with E-state index in [2.05, 4.69) is 30.9 Å². The van der Waals surface area contributed by atoms with Gasteiger partial charge in [0.15, 0.2) is 11.6 Å². The van der Waals surface area contributed by atoms with Crippen LogP contribution in [0.5, 0.6) is 0 Å². The number of ether oxygens (including phenoxy) is 1. The molecule has 0 atom stereocenters. The second kappa shape index (κ2) is 13.3. The lowest BCUT2D eigenvalue weighted by Gasteiger charge is -1.89. The van der Waals surface area contributed by atoms with Crippen molar-refractivity contribution in [1.29, 1.82) is 0 Å². The predicted octanol–water partition coefficient (Wildman–Crippen LogP) is 0.432. The first-order chi connectivity index (χ1) is 13.4. The maximum Gasteiger partial charge on any atom is 0.373 e. The van der Waals surface area contributed by atoms with Gasteiger partial charge < -0.3 is 36.6 Å². The Kier molecular flexibility index (Phi) is 10.3. The van der Waals surface area contributed by atoms with E-state index in [0.29, 0.717) is 11.6 Å². The number of alkyl halides is 1. The zero-order chi connectivity index (χ0) is 21.4. The first-order valence-corrected chi connectivity index (χ1v) is 6.87. The Hall–Kier alpha value is -4.03. The van der Waals surface area contributed by atoms with Crippen molar-refractivity contribution in [3.63, 3.8) is 0 Å². The van der Waals surface area contributed by atoms with Gasteiger partial charge in [0, 0.05) is 0 Å². The van der Waals surface area contributed by atoms with Crippen LogP contribution in [0.1, 0.15) is 11.9 Å². The van der Waals surface area contributed by atoms with Gasteiger partial charge >= 0.3 is 5.97 Å². The summed E-state index contributed by atoms with van der Waals surface area (Å²) in [6, 6.07) is 6.73. The summed E-state index contributed by atoms with van der Waals surface area (Å²) in [5.74, 6) is 5.61. The fraction of sp³-hybridized carbons (Fsp3) is 0.143. The Morgan fingerprint density at radius 2 is 1.93 bits per heavy atom. The van der Waals surface area contributed by atoms with E-state index in [-0.39, 0.29) is 17.7 Å². The standard InChI is InChI=1S/C6H6N4O.C6H6O3.CH3F.CH6N4/c7-6-8-5(9-10-6)4-2-1-3-11-4;1-8-6(7)5-3-2-4-9-5;1-2;2-1(3)5-4/h1-3H,(H3,7,8,9,10);2-4H,1H3;1H3;4H2,(H4,2,3,5)/i;;1D;. The number of hydrogen-bond acceptors (Lipinski definition) is 9. The van der Waals surface area contributed by atoms with Gasteiger partial charge in [-0.2, -0.15) is 4.98 Å². The number of hydrazone groups is 1. The lowest BCUT2D eigenvalue weighted by atomic mass is 10.4. The number of nitrogens with zero attached hydrogens (tertiary/aromatic N) is 3. The molecule has 0 radical (unpaired) electrons. The van der Waals surface area contributed by atoms with Crippen molar-refractivity contribution in [2.45, 2.75) is 0 Å². The van der Waals surface area contributed by atoms with Crippen LogP contribution in [-0.2, 0) is 4.74 Å². The molecule has 0 aliphatic heterocycles. The molecule has 148 valence electrons. The van der Waals surface area contributed by atoms with Crippen LogP contribution in [0.3, 0.4) is 0 Å². The molecule has 0 aliphatic carbocycles. The van der Waals surface area contributed by atoms with Crippen LogP contribution in [0.2, 0.25) is 0 Å². The fourth-order valence-electron chi connectivity index (χ4n) is 1.29. The number of carbonyl (C=O) groups is 1. The van der Waals surface area contributed by atoms with E-state index in [0.717, 1.165) is 0 Å². The Balaban J connectivity index is 0.000000387. The maximum absolute atomic E-state index is 10.6. The molecule has 12 nitrogen and oxygen atoms in total. The number of guanidine groups is 1. The fourth-order valence-corrected chi connectivity index (χ4v) is 1.29. The summed E-state index contributed by atoms with van der Waals surface area (Å²) in [6.07, 6.45) is 2.99. The minimum Gasteiger partial charge on any atom is -0.463 e. The van der Waals surface area contributed by atoms with Crippen LogP contribution in [0.15, 0.2) is 50.7 Å². The van der Waals surface area contributed by atoms with Gasteiger partial charge in [-0.1, -0.05) is 0 Å². The summed E-state index contributed by atoms with van der Waals surface area (Å²) >= 11 is 0. The molecule has 0 spiro atoms. The molecule has 13 heteroatoms. The molecule has 0 saturated carbocycles. The SMILES string of the molecule is COC(=O)c1ccco1.NN=C(N)N.Nc1n[nH]c(-c2ccco2)n1.[2H]CF. The topological polar surface area (TPSA) is 211 Å². The van der Waals surface area contributed by atoms with Crippen molar-refractivity contribution in [1.82, 2.24) is 15.2 Å². The molecule has 3 aromatic heterocycles. The third kappa shape index (κ3) is 9.13. The van der Waals surface area contributed by atoms with Gasteiger partial charge in [-0.25, -0.2) is 4.79 Å². The third-order valence-electron chi connectivity index (χ3n) is 2.31. The van der Waals surface area contributed by atoms with Crippen LogP contribution in [0, 0.1) is 0 Å². The van der Waals surface area contributed by atoms with Gasteiger partial charge in [0.1, 0.15) is 0 Å². The Morgan fingerprint density at radius 1 is 1.33 bits per heavy atom. The molecule has 0 amide bonds. The number of nitrogens with one attached hydrogen (secondary N) is 1.